The molecule has 1 aromatic heterocycles. The third kappa shape index (κ3) is 5.21. The van der Waals surface area contributed by atoms with Crippen LogP contribution in [0.4, 0.5) is 0 Å². The summed E-state index contributed by atoms with van der Waals surface area (Å²) in [7, 11) is 4.01. The second-order valence-corrected chi connectivity index (χ2v) is 6.42. The van der Waals surface area contributed by atoms with Crippen molar-refractivity contribution in [3.05, 3.63) is 90.0 Å². The van der Waals surface area contributed by atoms with Gasteiger partial charge in [0.15, 0.2) is 5.96 Å². The van der Waals surface area contributed by atoms with E-state index in [1.165, 1.54) is 16.7 Å². The van der Waals surface area contributed by atoms with E-state index < -0.39 is 0 Å². The normalized spacial score (nSPS) is 11.4. The average Bonchev–Trinajstić information content (AvgIpc) is 3.16. The summed E-state index contributed by atoms with van der Waals surface area (Å²) < 4.78 is 2.06. The Morgan fingerprint density at radius 1 is 1.00 bits per heavy atom. The number of aliphatic imine (C=N–C) groups is 1. The van der Waals surface area contributed by atoms with Crippen molar-refractivity contribution in [2.75, 3.05) is 14.1 Å². The molecule has 0 aliphatic rings. The molecule has 2 aromatic carbocycles. The van der Waals surface area contributed by atoms with Gasteiger partial charge in [-0.2, -0.15) is 0 Å². The third-order valence-corrected chi connectivity index (χ3v) is 4.08. The Balaban J connectivity index is 1.56. The zero-order valence-electron chi connectivity index (χ0n) is 15.3. The first-order chi connectivity index (χ1) is 12.7. The van der Waals surface area contributed by atoms with Crippen molar-refractivity contribution in [3.8, 4) is 0 Å². The van der Waals surface area contributed by atoms with Crippen molar-refractivity contribution in [3.63, 3.8) is 0 Å². The van der Waals surface area contributed by atoms with Gasteiger partial charge in [0.25, 0.3) is 0 Å². The second kappa shape index (κ2) is 8.85. The van der Waals surface area contributed by atoms with E-state index in [0.29, 0.717) is 6.54 Å². The van der Waals surface area contributed by atoms with E-state index in [1.54, 1.807) is 6.20 Å². The van der Waals surface area contributed by atoms with Gasteiger partial charge in [-0.25, -0.2) is 9.98 Å². The van der Waals surface area contributed by atoms with Gasteiger partial charge in [0.2, 0.25) is 0 Å². The highest BCUT2D eigenvalue weighted by molar-refractivity contribution is 5.79. The standard InChI is InChI=1S/C21H25N5/c1-25(2)21(23-14-18-6-4-3-5-7-18)24-15-19-8-10-20(11-9-19)16-26-13-12-22-17-26/h3-13,17H,14-16H2,1-2H3,(H,23,24). The summed E-state index contributed by atoms with van der Waals surface area (Å²) in [4.78, 5) is 10.8. The number of nitrogens with one attached hydrogen (secondary N) is 1. The van der Waals surface area contributed by atoms with E-state index in [2.05, 4.69) is 51.3 Å². The Hall–Kier alpha value is -3.08. The highest BCUT2D eigenvalue weighted by Crippen LogP contribution is 2.07. The average molecular weight is 347 g/mol. The van der Waals surface area contributed by atoms with E-state index >= 15 is 0 Å². The predicted octanol–water partition coefficient (Wildman–Crippen LogP) is 3.14. The number of rotatable bonds is 6. The first-order valence-corrected chi connectivity index (χ1v) is 8.74. The number of aromatic nitrogens is 2. The van der Waals surface area contributed by atoms with E-state index in [9.17, 15) is 0 Å². The Labute approximate surface area is 155 Å². The SMILES string of the molecule is CN(C)C(=NCc1ccccc1)NCc1ccc(Cn2ccnc2)cc1. The van der Waals surface area contributed by atoms with Crippen LogP contribution in [0.2, 0.25) is 0 Å². The lowest BCUT2D eigenvalue weighted by Gasteiger charge is -2.18. The minimum Gasteiger partial charge on any atom is -0.352 e. The Morgan fingerprint density at radius 2 is 1.73 bits per heavy atom. The summed E-state index contributed by atoms with van der Waals surface area (Å²) in [5.41, 5.74) is 3.70. The fourth-order valence-electron chi connectivity index (χ4n) is 2.64. The number of nitrogens with zero attached hydrogens (tertiary/aromatic N) is 4. The molecule has 134 valence electrons. The molecule has 0 fully saturated rings. The molecule has 0 radical (unpaired) electrons. The Kier molecular flexibility index (Phi) is 6.04. The summed E-state index contributed by atoms with van der Waals surface area (Å²) in [6, 6.07) is 18.9. The minimum absolute atomic E-state index is 0.672. The van der Waals surface area contributed by atoms with Crippen LogP contribution < -0.4 is 5.32 Å². The molecule has 0 atom stereocenters. The van der Waals surface area contributed by atoms with Gasteiger partial charge >= 0.3 is 0 Å². The van der Waals surface area contributed by atoms with Crippen LogP contribution in [0.5, 0.6) is 0 Å². The van der Waals surface area contributed by atoms with E-state index in [-0.39, 0.29) is 0 Å². The molecule has 0 unspecified atom stereocenters. The quantitative estimate of drug-likeness (QED) is 0.550. The number of hydrogen-bond donors (Lipinski definition) is 1. The molecular formula is C21H25N5. The maximum atomic E-state index is 4.70. The van der Waals surface area contributed by atoms with Gasteiger partial charge in [0, 0.05) is 39.6 Å². The third-order valence-electron chi connectivity index (χ3n) is 4.08. The lowest BCUT2D eigenvalue weighted by Crippen LogP contribution is -2.36. The van der Waals surface area contributed by atoms with Gasteiger partial charge in [-0.05, 0) is 16.7 Å². The van der Waals surface area contributed by atoms with Crippen LogP contribution in [-0.4, -0.2) is 34.5 Å². The highest BCUT2D eigenvalue weighted by Gasteiger charge is 2.03. The van der Waals surface area contributed by atoms with Crippen LogP contribution in [0.15, 0.2) is 78.3 Å². The molecule has 0 saturated heterocycles. The lowest BCUT2D eigenvalue weighted by molar-refractivity contribution is 0.578. The van der Waals surface area contributed by atoms with Crippen molar-refractivity contribution in [2.45, 2.75) is 19.6 Å². The first kappa shape index (κ1) is 17.7. The summed E-state index contributed by atoms with van der Waals surface area (Å²) in [6.07, 6.45) is 5.61. The highest BCUT2D eigenvalue weighted by atomic mass is 15.3. The number of hydrogen-bond acceptors (Lipinski definition) is 2. The molecule has 3 aromatic rings. The minimum atomic E-state index is 0.672. The van der Waals surface area contributed by atoms with E-state index in [4.69, 9.17) is 4.99 Å². The lowest BCUT2D eigenvalue weighted by atomic mass is 10.1. The zero-order valence-corrected chi connectivity index (χ0v) is 15.3. The van der Waals surface area contributed by atoms with Crippen molar-refractivity contribution >= 4 is 5.96 Å². The molecule has 0 spiro atoms. The van der Waals surface area contributed by atoms with Crippen LogP contribution in [0, 0.1) is 0 Å². The molecule has 3 rings (SSSR count). The van der Waals surface area contributed by atoms with Gasteiger partial charge in [-0.3, -0.25) is 0 Å². The van der Waals surface area contributed by atoms with Crippen LogP contribution >= 0.6 is 0 Å². The van der Waals surface area contributed by atoms with Gasteiger partial charge in [-0.15, -0.1) is 0 Å². The fraction of sp³-hybridized carbons (Fsp3) is 0.238. The summed E-state index contributed by atoms with van der Waals surface area (Å²) >= 11 is 0. The van der Waals surface area contributed by atoms with Crippen LogP contribution in [0.25, 0.3) is 0 Å². The van der Waals surface area contributed by atoms with Crippen molar-refractivity contribution < 1.29 is 0 Å². The molecule has 0 bridgehead atoms. The number of guanidine groups is 1. The predicted molar refractivity (Wildman–Crippen MR) is 106 cm³/mol. The Morgan fingerprint density at radius 3 is 2.38 bits per heavy atom. The molecule has 0 saturated carbocycles. The molecule has 1 N–H and O–H groups in total. The molecule has 0 aliphatic heterocycles. The van der Waals surface area contributed by atoms with Gasteiger partial charge in [-0.1, -0.05) is 54.6 Å². The van der Waals surface area contributed by atoms with Gasteiger partial charge < -0.3 is 14.8 Å². The smallest absolute Gasteiger partial charge is 0.194 e. The fourth-order valence-corrected chi connectivity index (χ4v) is 2.64. The van der Waals surface area contributed by atoms with Gasteiger partial charge in [0.1, 0.15) is 0 Å². The monoisotopic (exact) mass is 347 g/mol. The molecule has 0 aliphatic carbocycles. The molecule has 26 heavy (non-hydrogen) atoms. The Bertz CT molecular complexity index is 805. The number of benzene rings is 2. The summed E-state index contributed by atoms with van der Waals surface area (Å²) in [5.74, 6) is 0.886. The molecule has 0 amide bonds. The molecular weight excluding hydrogens is 322 g/mol. The maximum absolute atomic E-state index is 4.70. The first-order valence-electron chi connectivity index (χ1n) is 8.74. The second-order valence-electron chi connectivity index (χ2n) is 6.42. The van der Waals surface area contributed by atoms with Crippen molar-refractivity contribution in [1.29, 1.82) is 0 Å². The van der Waals surface area contributed by atoms with Crippen molar-refractivity contribution in [2.24, 2.45) is 4.99 Å². The van der Waals surface area contributed by atoms with E-state index in [0.717, 1.165) is 19.0 Å². The summed E-state index contributed by atoms with van der Waals surface area (Å²) in [5, 5.41) is 3.43. The number of imidazole rings is 1. The van der Waals surface area contributed by atoms with Crippen LogP contribution in [-0.2, 0) is 19.6 Å². The summed E-state index contributed by atoms with van der Waals surface area (Å²) in [6.45, 7) is 2.26. The molecule has 5 heteroatoms. The maximum Gasteiger partial charge on any atom is 0.194 e. The van der Waals surface area contributed by atoms with Crippen LogP contribution in [0.3, 0.4) is 0 Å². The van der Waals surface area contributed by atoms with Gasteiger partial charge in [0.05, 0.1) is 12.9 Å². The molecule has 1 heterocycles. The zero-order chi connectivity index (χ0) is 18.2. The van der Waals surface area contributed by atoms with Crippen LogP contribution in [0.1, 0.15) is 16.7 Å². The largest absolute Gasteiger partial charge is 0.352 e. The van der Waals surface area contributed by atoms with E-state index in [1.807, 2.05) is 49.7 Å². The topological polar surface area (TPSA) is 45.5 Å². The molecule has 5 nitrogen and oxygen atoms in total. The van der Waals surface area contributed by atoms with Crippen molar-refractivity contribution in [1.82, 2.24) is 19.8 Å².